The van der Waals surface area contributed by atoms with Crippen molar-refractivity contribution in [2.24, 2.45) is 5.92 Å². The van der Waals surface area contributed by atoms with E-state index >= 15 is 0 Å². The van der Waals surface area contributed by atoms with E-state index in [1.165, 1.54) is 0 Å². The molecule has 0 radical (unpaired) electrons. The van der Waals surface area contributed by atoms with Crippen molar-refractivity contribution in [1.82, 2.24) is 4.90 Å². The molecule has 0 bridgehead atoms. The molecule has 1 rings (SSSR count). The van der Waals surface area contributed by atoms with Gasteiger partial charge >= 0.3 is 0 Å². The van der Waals surface area contributed by atoms with Gasteiger partial charge in [-0.2, -0.15) is 0 Å². The van der Waals surface area contributed by atoms with Crippen molar-refractivity contribution in [3.05, 3.63) is 0 Å². The molecule has 1 saturated heterocycles. The van der Waals surface area contributed by atoms with Crippen molar-refractivity contribution in [1.29, 1.82) is 0 Å². The van der Waals surface area contributed by atoms with Gasteiger partial charge < -0.3 is 10.0 Å². The molecule has 88 valence electrons. The number of likely N-dealkylation sites (tertiary alicyclic amines) is 1. The van der Waals surface area contributed by atoms with Crippen LogP contribution in [0.4, 0.5) is 0 Å². The number of piperidine rings is 1. The van der Waals surface area contributed by atoms with Gasteiger partial charge in [0.1, 0.15) is 0 Å². The molecule has 1 fully saturated rings. The fourth-order valence-corrected chi connectivity index (χ4v) is 1.96. The minimum Gasteiger partial charge on any atom is -0.390 e. The first-order valence-corrected chi connectivity index (χ1v) is 6.40. The molecule has 1 heterocycles. The van der Waals surface area contributed by atoms with Crippen molar-refractivity contribution in [3.63, 3.8) is 0 Å². The van der Waals surface area contributed by atoms with Crippen molar-refractivity contribution >= 4 is 21.8 Å². The second kappa shape index (κ2) is 4.83. The molecule has 0 aromatic carbocycles. The molecule has 0 spiro atoms. The zero-order valence-corrected chi connectivity index (χ0v) is 11.2. The van der Waals surface area contributed by atoms with Crippen LogP contribution in [-0.2, 0) is 4.79 Å². The van der Waals surface area contributed by atoms with E-state index in [1.807, 2.05) is 25.7 Å². The summed E-state index contributed by atoms with van der Waals surface area (Å²) in [5.74, 6) is 0.459. The molecule has 0 aliphatic carbocycles. The maximum absolute atomic E-state index is 11.9. The van der Waals surface area contributed by atoms with Crippen LogP contribution in [-0.4, -0.2) is 39.4 Å². The second-order valence-electron chi connectivity index (χ2n) is 4.97. The Labute approximate surface area is 100.0 Å². The van der Waals surface area contributed by atoms with E-state index in [-0.39, 0.29) is 10.7 Å². The third kappa shape index (κ3) is 3.45. The minimum absolute atomic E-state index is 0.0967. The third-order valence-electron chi connectivity index (χ3n) is 2.97. The Morgan fingerprint density at radius 3 is 2.27 bits per heavy atom. The molecule has 15 heavy (non-hydrogen) atoms. The maximum atomic E-state index is 11.9. The molecule has 1 atom stereocenters. The van der Waals surface area contributed by atoms with Gasteiger partial charge in [0, 0.05) is 13.1 Å². The molecule has 1 amide bonds. The summed E-state index contributed by atoms with van der Waals surface area (Å²) in [5.41, 5.74) is -0.587. The lowest BCUT2D eigenvalue weighted by atomic mass is 9.93. The Hall–Kier alpha value is -0.0900. The predicted octanol–water partition coefficient (Wildman–Crippen LogP) is 1.78. The first-order valence-electron chi connectivity index (χ1n) is 5.49. The molecule has 0 aromatic rings. The molecular weight excluding hydrogens is 258 g/mol. The van der Waals surface area contributed by atoms with Crippen molar-refractivity contribution in [2.75, 3.05) is 13.1 Å². The summed E-state index contributed by atoms with van der Waals surface area (Å²) >= 11 is 3.42. The molecule has 1 aliphatic heterocycles. The number of carbonyl (C=O) groups is 1. The average Bonchev–Trinajstić information content (AvgIpc) is 2.15. The largest absolute Gasteiger partial charge is 0.390 e. The zero-order valence-electron chi connectivity index (χ0n) is 9.66. The number of aliphatic hydroxyl groups is 1. The summed E-state index contributed by atoms with van der Waals surface area (Å²) in [5, 5.41) is 9.77. The van der Waals surface area contributed by atoms with E-state index < -0.39 is 5.60 Å². The van der Waals surface area contributed by atoms with E-state index in [2.05, 4.69) is 15.9 Å². The van der Waals surface area contributed by atoms with E-state index in [9.17, 15) is 9.90 Å². The summed E-state index contributed by atoms with van der Waals surface area (Å²) in [6, 6.07) is 0. The number of rotatable bonds is 2. The van der Waals surface area contributed by atoms with Crippen LogP contribution in [0, 0.1) is 5.92 Å². The van der Waals surface area contributed by atoms with Crippen LogP contribution in [0.2, 0.25) is 0 Å². The summed E-state index contributed by atoms with van der Waals surface area (Å²) in [4.78, 5) is 13.7. The molecule has 4 heteroatoms. The van der Waals surface area contributed by atoms with Gasteiger partial charge in [0.25, 0.3) is 0 Å². The quantitative estimate of drug-likeness (QED) is 0.782. The average molecular weight is 278 g/mol. The molecule has 0 saturated carbocycles. The standard InChI is InChI=1S/C11H20BrNO2/c1-8(2)9(12)10(14)13-6-4-11(3,15)5-7-13/h8-9,15H,4-7H2,1-3H3. The van der Waals surface area contributed by atoms with Crippen LogP contribution >= 0.6 is 15.9 Å². The van der Waals surface area contributed by atoms with Gasteiger partial charge in [-0.15, -0.1) is 0 Å². The number of alkyl halides is 1. The minimum atomic E-state index is -0.587. The molecule has 0 aromatic heterocycles. The summed E-state index contributed by atoms with van der Waals surface area (Å²) < 4.78 is 0. The topological polar surface area (TPSA) is 40.5 Å². The molecular formula is C11H20BrNO2. The summed E-state index contributed by atoms with van der Waals surface area (Å²) in [7, 11) is 0. The van der Waals surface area contributed by atoms with Gasteiger partial charge in [-0.05, 0) is 25.7 Å². The monoisotopic (exact) mass is 277 g/mol. The van der Waals surface area contributed by atoms with E-state index in [4.69, 9.17) is 0 Å². The van der Waals surface area contributed by atoms with Gasteiger partial charge in [0.05, 0.1) is 10.4 Å². The predicted molar refractivity (Wildman–Crippen MR) is 64.0 cm³/mol. The first kappa shape index (κ1) is 13.0. The Morgan fingerprint density at radius 1 is 1.40 bits per heavy atom. The molecule has 1 N–H and O–H groups in total. The highest BCUT2D eigenvalue weighted by Crippen LogP contribution is 2.24. The van der Waals surface area contributed by atoms with E-state index in [0.717, 1.165) is 0 Å². The lowest BCUT2D eigenvalue weighted by Crippen LogP contribution is -2.48. The Balaban J connectivity index is 2.50. The Kier molecular flexibility index (Phi) is 4.18. The third-order valence-corrected chi connectivity index (χ3v) is 4.42. The Morgan fingerprint density at radius 2 is 1.87 bits per heavy atom. The van der Waals surface area contributed by atoms with Crippen LogP contribution < -0.4 is 0 Å². The fraction of sp³-hybridized carbons (Fsp3) is 0.909. The highest BCUT2D eigenvalue weighted by atomic mass is 79.9. The number of amides is 1. The number of hydrogen-bond acceptors (Lipinski definition) is 2. The van der Waals surface area contributed by atoms with Gasteiger partial charge in [-0.25, -0.2) is 0 Å². The summed E-state index contributed by atoms with van der Waals surface area (Å²) in [6.07, 6.45) is 1.35. The lowest BCUT2D eigenvalue weighted by molar-refractivity contribution is -0.134. The number of nitrogens with zero attached hydrogens (tertiary/aromatic N) is 1. The van der Waals surface area contributed by atoms with Crippen LogP contribution in [0.3, 0.4) is 0 Å². The highest BCUT2D eigenvalue weighted by molar-refractivity contribution is 9.10. The summed E-state index contributed by atoms with van der Waals surface area (Å²) in [6.45, 7) is 7.22. The number of halogens is 1. The molecule has 3 nitrogen and oxygen atoms in total. The van der Waals surface area contributed by atoms with Gasteiger partial charge in [0.2, 0.25) is 5.91 Å². The highest BCUT2D eigenvalue weighted by Gasteiger charge is 2.32. The van der Waals surface area contributed by atoms with Gasteiger partial charge in [-0.1, -0.05) is 29.8 Å². The van der Waals surface area contributed by atoms with Crippen LogP contribution in [0.25, 0.3) is 0 Å². The number of hydrogen-bond donors (Lipinski definition) is 1. The first-order chi connectivity index (χ1) is 6.83. The van der Waals surface area contributed by atoms with Gasteiger partial charge in [-0.3, -0.25) is 4.79 Å². The van der Waals surface area contributed by atoms with E-state index in [0.29, 0.717) is 31.8 Å². The van der Waals surface area contributed by atoms with Crippen molar-refractivity contribution in [3.8, 4) is 0 Å². The van der Waals surface area contributed by atoms with Crippen LogP contribution in [0.15, 0.2) is 0 Å². The normalized spacial score (nSPS) is 22.9. The number of carbonyl (C=O) groups excluding carboxylic acids is 1. The zero-order chi connectivity index (χ0) is 11.6. The van der Waals surface area contributed by atoms with Crippen LogP contribution in [0.1, 0.15) is 33.6 Å². The van der Waals surface area contributed by atoms with E-state index in [1.54, 1.807) is 0 Å². The fourth-order valence-electron chi connectivity index (χ4n) is 1.67. The smallest absolute Gasteiger partial charge is 0.236 e. The second-order valence-corrected chi connectivity index (χ2v) is 5.95. The SMILES string of the molecule is CC(C)C(Br)C(=O)N1CCC(C)(O)CC1. The lowest BCUT2D eigenvalue weighted by Gasteiger charge is -2.37. The van der Waals surface area contributed by atoms with Crippen molar-refractivity contribution in [2.45, 2.75) is 44.0 Å². The Bertz CT molecular complexity index is 231. The molecule has 1 aliphatic rings. The van der Waals surface area contributed by atoms with Crippen molar-refractivity contribution < 1.29 is 9.90 Å². The molecule has 1 unspecified atom stereocenters. The van der Waals surface area contributed by atoms with Crippen LogP contribution in [0.5, 0.6) is 0 Å². The maximum Gasteiger partial charge on any atom is 0.236 e. The van der Waals surface area contributed by atoms with Gasteiger partial charge in [0.15, 0.2) is 0 Å².